The molecule has 0 N–H and O–H groups in total. The minimum atomic E-state index is -0.169. The maximum absolute atomic E-state index is 11.5. The molecule has 0 radical (unpaired) electrons. The van der Waals surface area contributed by atoms with Crippen LogP contribution in [0, 0.1) is 5.41 Å². The Balaban J connectivity index is 3.11. The molecule has 0 amide bonds. The summed E-state index contributed by atoms with van der Waals surface area (Å²) < 4.78 is 11.5. The normalized spacial score (nSPS) is 12.0. The fraction of sp³-hybridized carbons (Fsp3) is 1.00. The van der Waals surface area contributed by atoms with Crippen molar-refractivity contribution in [2.24, 2.45) is 5.41 Å². The molecule has 0 heterocycles. The van der Waals surface area contributed by atoms with Gasteiger partial charge in [-0.1, -0.05) is 20.8 Å². The van der Waals surface area contributed by atoms with Crippen LogP contribution in [-0.2, 0) is 0 Å². The van der Waals surface area contributed by atoms with E-state index in [1.165, 1.54) is 0 Å². The minimum absolute atomic E-state index is 0.169. The van der Waals surface area contributed by atoms with E-state index in [4.69, 9.17) is 0 Å². The van der Waals surface area contributed by atoms with E-state index >= 15 is 0 Å². The number of halogens is 1. The molecule has 0 saturated carbocycles. The lowest BCUT2D eigenvalue weighted by atomic mass is 9.91. The molecule has 0 nitrogen and oxygen atoms in total. The van der Waals surface area contributed by atoms with Crippen molar-refractivity contribution in [3.05, 3.63) is 0 Å². The van der Waals surface area contributed by atoms with Crippen LogP contribution in [0.4, 0.5) is 4.39 Å². The topological polar surface area (TPSA) is 0 Å². The summed E-state index contributed by atoms with van der Waals surface area (Å²) in [7, 11) is 0. The summed E-state index contributed by atoms with van der Waals surface area (Å²) in [4.78, 5) is 0. The molecule has 0 aromatic rings. The first-order valence-corrected chi connectivity index (χ1v) is 3.12. The molecule has 0 unspecified atom stereocenters. The highest BCUT2D eigenvalue weighted by atomic mass is 18.2. The van der Waals surface area contributed by atoms with E-state index in [-0.39, 0.29) is 6.67 Å². The molecular weight excluding hydrogens is 102 g/mol. The van der Waals surface area contributed by atoms with Crippen molar-refractivity contribution in [1.82, 2.24) is 0 Å². The maximum atomic E-state index is 11.5. The van der Waals surface area contributed by atoms with Gasteiger partial charge in [-0.3, -0.25) is 4.39 Å². The van der Waals surface area contributed by atoms with Crippen LogP contribution in [-0.4, -0.2) is 6.67 Å². The summed E-state index contributed by atoms with van der Waals surface area (Å²) in [5, 5.41) is 0. The van der Waals surface area contributed by atoms with Crippen LogP contribution in [0.25, 0.3) is 0 Å². The van der Waals surface area contributed by atoms with Crippen LogP contribution in [0.1, 0.15) is 33.6 Å². The molecule has 0 aliphatic heterocycles. The van der Waals surface area contributed by atoms with Crippen LogP contribution in [0.2, 0.25) is 0 Å². The largest absolute Gasteiger partial charge is 0.251 e. The van der Waals surface area contributed by atoms with E-state index in [1.807, 2.05) is 0 Å². The minimum Gasteiger partial charge on any atom is -0.251 e. The van der Waals surface area contributed by atoms with Gasteiger partial charge in [0.2, 0.25) is 0 Å². The lowest BCUT2D eigenvalue weighted by Gasteiger charge is -2.15. The predicted octanol–water partition coefficient (Wildman–Crippen LogP) is 2.78. The molecule has 50 valence electrons. The van der Waals surface area contributed by atoms with Gasteiger partial charge < -0.3 is 0 Å². The van der Waals surface area contributed by atoms with Gasteiger partial charge >= 0.3 is 0 Å². The van der Waals surface area contributed by atoms with Gasteiger partial charge in [-0.15, -0.1) is 0 Å². The van der Waals surface area contributed by atoms with Crippen LogP contribution in [0.15, 0.2) is 0 Å². The number of alkyl halides is 1. The average Bonchev–Trinajstić information content (AvgIpc) is 1.59. The highest BCUT2D eigenvalue weighted by Crippen LogP contribution is 2.19. The molecule has 8 heavy (non-hydrogen) atoms. The zero-order chi connectivity index (χ0) is 6.62. The van der Waals surface area contributed by atoms with E-state index in [2.05, 4.69) is 20.8 Å². The third-order valence-corrected chi connectivity index (χ3v) is 1.06. The summed E-state index contributed by atoms with van der Waals surface area (Å²) in [6.45, 7) is 6.21. The number of hydrogen-bond donors (Lipinski definition) is 0. The SMILES string of the molecule is CC(C)(C)CCC[18F]. The van der Waals surface area contributed by atoms with Crippen molar-refractivity contribution < 1.29 is 4.39 Å². The van der Waals surface area contributed by atoms with E-state index < -0.39 is 0 Å². The summed E-state index contributed by atoms with van der Waals surface area (Å²) in [5.41, 5.74) is 0.312. The van der Waals surface area contributed by atoms with Gasteiger partial charge in [0.1, 0.15) is 0 Å². The molecule has 0 aliphatic rings. The smallest absolute Gasteiger partial charge is 0.0894 e. The summed E-state index contributed by atoms with van der Waals surface area (Å²) in [6.07, 6.45) is 1.70. The highest BCUT2D eigenvalue weighted by molar-refractivity contribution is 4.59. The molecule has 0 fully saturated rings. The van der Waals surface area contributed by atoms with Gasteiger partial charge in [0.05, 0.1) is 6.67 Å². The third-order valence-electron chi connectivity index (χ3n) is 1.06. The molecule has 0 saturated heterocycles. The Labute approximate surface area is 51.1 Å². The Bertz CT molecular complexity index is 51.9. The monoisotopic (exact) mass is 117 g/mol. The Morgan fingerprint density at radius 3 is 1.88 bits per heavy atom. The van der Waals surface area contributed by atoms with Crippen LogP contribution in [0.3, 0.4) is 0 Å². The van der Waals surface area contributed by atoms with Crippen LogP contribution < -0.4 is 0 Å². The van der Waals surface area contributed by atoms with E-state index in [1.54, 1.807) is 0 Å². The molecule has 0 spiro atoms. The standard InChI is InChI=1S/C7H15F/c1-7(2,3)5-4-6-8/h4-6H2,1-3H3/i8-1. The van der Waals surface area contributed by atoms with Crippen molar-refractivity contribution in [1.29, 1.82) is 0 Å². The first-order valence-electron chi connectivity index (χ1n) is 3.12. The van der Waals surface area contributed by atoms with E-state index in [9.17, 15) is 4.39 Å². The van der Waals surface area contributed by atoms with Gasteiger partial charge in [0.15, 0.2) is 0 Å². The zero-order valence-electron chi connectivity index (χ0n) is 6.00. The molecule has 0 aromatic carbocycles. The van der Waals surface area contributed by atoms with Gasteiger partial charge in [0, 0.05) is 0 Å². The first kappa shape index (κ1) is 7.93. The fourth-order valence-corrected chi connectivity index (χ4v) is 0.597. The Hall–Kier alpha value is -0.0700. The quantitative estimate of drug-likeness (QED) is 0.521. The van der Waals surface area contributed by atoms with Gasteiger partial charge in [-0.25, -0.2) is 0 Å². The summed E-state index contributed by atoms with van der Waals surface area (Å²) >= 11 is 0. The molecule has 1 heteroatoms. The molecule has 0 aromatic heterocycles. The average molecular weight is 117 g/mol. The maximum Gasteiger partial charge on any atom is 0.0894 e. The Morgan fingerprint density at radius 2 is 1.75 bits per heavy atom. The summed E-state index contributed by atoms with van der Waals surface area (Å²) in [5.74, 6) is 0. The van der Waals surface area contributed by atoms with Crippen molar-refractivity contribution in [3.8, 4) is 0 Å². The molecule has 0 rings (SSSR count). The van der Waals surface area contributed by atoms with Crippen LogP contribution in [0.5, 0.6) is 0 Å². The second-order valence-electron chi connectivity index (χ2n) is 3.35. The summed E-state index contributed by atoms with van der Waals surface area (Å²) in [6, 6.07) is 0. The second kappa shape index (κ2) is 3.06. The lowest BCUT2D eigenvalue weighted by molar-refractivity contribution is 0.334. The first-order chi connectivity index (χ1) is 3.56. The molecular formula is C7H15F. The number of rotatable bonds is 2. The van der Waals surface area contributed by atoms with Crippen molar-refractivity contribution in [3.63, 3.8) is 0 Å². The zero-order valence-corrected chi connectivity index (χ0v) is 6.00. The van der Waals surface area contributed by atoms with Crippen molar-refractivity contribution >= 4 is 0 Å². The molecule has 0 bridgehead atoms. The van der Waals surface area contributed by atoms with Crippen molar-refractivity contribution in [2.75, 3.05) is 6.67 Å². The van der Waals surface area contributed by atoms with E-state index in [0.29, 0.717) is 11.8 Å². The predicted molar refractivity (Wildman–Crippen MR) is 34.7 cm³/mol. The third kappa shape index (κ3) is 5.93. The molecule has 0 aliphatic carbocycles. The molecule has 0 atom stereocenters. The Morgan fingerprint density at radius 1 is 1.25 bits per heavy atom. The van der Waals surface area contributed by atoms with E-state index in [0.717, 1.165) is 6.42 Å². The van der Waals surface area contributed by atoms with Gasteiger partial charge in [-0.2, -0.15) is 0 Å². The van der Waals surface area contributed by atoms with Gasteiger partial charge in [0.25, 0.3) is 0 Å². The number of hydrogen-bond acceptors (Lipinski definition) is 0. The van der Waals surface area contributed by atoms with Crippen molar-refractivity contribution in [2.45, 2.75) is 33.6 Å². The van der Waals surface area contributed by atoms with Crippen LogP contribution >= 0.6 is 0 Å². The highest BCUT2D eigenvalue weighted by Gasteiger charge is 2.07. The Kier molecular flexibility index (Phi) is 3.03. The lowest BCUT2D eigenvalue weighted by Crippen LogP contribution is -2.04. The fourth-order valence-electron chi connectivity index (χ4n) is 0.597. The van der Waals surface area contributed by atoms with Gasteiger partial charge in [-0.05, 0) is 18.3 Å². The second-order valence-corrected chi connectivity index (χ2v) is 3.35.